The van der Waals surface area contributed by atoms with Crippen molar-refractivity contribution in [3.05, 3.63) is 65.7 Å². The quantitative estimate of drug-likeness (QED) is 0.794. The first-order valence-corrected chi connectivity index (χ1v) is 8.68. The minimum Gasteiger partial charge on any atom is -0.444 e. The Hall–Kier alpha value is -3.26. The van der Waals surface area contributed by atoms with Crippen LogP contribution in [0.5, 0.6) is 0 Å². The van der Waals surface area contributed by atoms with Crippen molar-refractivity contribution in [1.29, 1.82) is 0 Å². The second-order valence-corrected chi connectivity index (χ2v) is 7.10. The molecule has 5 heteroatoms. The minimum atomic E-state index is -0.783. The molecule has 2 rings (SSSR count). The molecule has 27 heavy (non-hydrogen) atoms. The van der Waals surface area contributed by atoms with Gasteiger partial charge < -0.3 is 15.4 Å². The van der Waals surface area contributed by atoms with Crippen LogP contribution in [0.1, 0.15) is 31.9 Å². The number of anilines is 1. The summed E-state index contributed by atoms with van der Waals surface area (Å²) in [5.41, 5.74) is 1.60. The summed E-state index contributed by atoms with van der Waals surface area (Å²) in [6.07, 6.45) is 5.05. The number of terminal acetylenes is 1. The summed E-state index contributed by atoms with van der Waals surface area (Å²) in [6, 6.07) is 15.6. The summed E-state index contributed by atoms with van der Waals surface area (Å²) in [7, 11) is 0. The number of amides is 2. The Morgan fingerprint density at radius 1 is 1.07 bits per heavy atom. The van der Waals surface area contributed by atoms with E-state index in [2.05, 4.69) is 16.6 Å². The molecule has 2 N–H and O–H groups in total. The van der Waals surface area contributed by atoms with E-state index in [1.165, 1.54) is 0 Å². The molecule has 2 amide bonds. The first-order chi connectivity index (χ1) is 12.8. The van der Waals surface area contributed by atoms with Crippen molar-refractivity contribution in [2.24, 2.45) is 0 Å². The van der Waals surface area contributed by atoms with Gasteiger partial charge in [-0.1, -0.05) is 36.3 Å². The van der Waals surface area contributed by atoms with Crippen molar-refractivity contribution in [3.63, 3.8) is 0 Å². The molecule has 0 unspecified atom stereocenters. The molecule has 2 aromatic rings. The fraction of sp³-hybridized carbons (Fsp3) is 0.273. The summed E-state index contributed by atoms with van der Waals surface area (Å²) < 4.78 is 5.28. The number of benzene rings is 2. The van der Waals surface area contributed by atoms with E-state index in [1.807, 2.05) is 30.3 Å². The third-order valence-electron chi connectivity index (χ3n) is 3.61. The lowest BCUT2D eigenvalue weighted by Gasteiger charge is -2.23. The van der Waals surface area contributed by atoms with Crippen LogP contribution < -0.4 is 10.6 Å². The average molecular weight is 364 g/mol. The van der Waals surface area contributed by atoms with Crippen molar-refractivity contribution >= 4 is 17.7 Å². The maximum absolute atomic E-state index is 12.8. The first-order valence-electron chi connectivity index (χ1n) is 8.68. The predicted octanol–water partition coefficient (Wildman–Crippen LogP) is 3.74. The largest absolute Gasteiger partial charge is 0.444 e. The van der Waals surface area contributed by atoms with Gasteiger partial charge in [0.05, 0.1) is 0 Å². The summed E-state index contributed by atoms with van der Waals surface area (Å²) in [6.45, 7) is 5.31. The van der Waals surface area contributed by atoms with Gasteiger partial charge in [0.1, 0.15) is 11.6 Å². The van der Waals surface area contributed by atoms with E-state index in [-0.39, 0.29) is 5.91 Å². The van der Waals surface area contributed by atoms with E-state index in [0.717, 1.165) is 11.1 Å². The molecular formula is C22H24N2O3. The zero-order valence-corrected chi connectivity index (χ0v) is 15.8. The molecule has 1 atom stereocenters. The molecule has 0 radical (unpaired) electrons. The molecule has 0 fully saturated rings. The fourth-order valence-electron chi connectivity index (χ4n) is 2.39. The number of alkyl carbamates (subject to hydrolysis) is 1. The van der Waals surface area contributed by atoms with Gasteiger partial charge in [-0.25, -0.2) is 4.79 Å². The molecule has 2 aromatic carbocycles. The molecule has 140 valence electrons. The topological polar surface area (TPSA) is 67.4 Å². The smallest absolute Gasteiger partial charge is 0.408 e. The number of rotatable bonds is 5. The fourth-order valence-corrected chi connectivity index (χ4v) is 2.39. The maximum atomic E-state index is 12.8. The van der Waals surface area contributed by atoms with Gasteiger partial charge in [0, 0.05) is 17.7 Å². The lowest BCUT2D eigenvalue weighted by atomic mass is 10.1. The molecule has 0 saturated heterocycles. The van der Waals surface area contributed by atoms with Crippen LogP contribution in [-0.2, 0) is 16.0 Å². The molecule has 0 saturated carbocycles. The predicted molar refractivity (Wildman–Crippen MR) is 106 cm³/mol. The number of hydrogen-bond acceptors (Lipinski definition) is 3. The van der Waals surface area contributed by atoms with Crippen molar-refractivity contribution < 1.29 is 14.3 Å². The molecule has 5 nitrogen and oxygen atoms in total. The monoisotopic (exact) mass is 364 g/mol. The highest BCUT2D eigenvalue weighted by molar-refractivity contribution is 5.96. The zero-order valence-electron chi connectivity index (χ0n) is 15.8. The van der Waals surface area contributed by atoms with Crippen LogP contribution in [0.3, 0.4) is 0 Å². The van der Waals surface area contributed by atoms with E-state index >= 15 is 0 Å². The van der Waals surface area contributed by atoms with Crippen LogP contribution in [0.25, 0.3) is 0 Å². The molecule has 0 heterocycles. The van der Waals surface area contributed by atoms with Crippen LogP contribution in [-0.4, -0.2) is 23.6 Å². The zero-order chi connectivity index (χ0) is 19.9. The van der Waals surface area contributed by atoms with Gasteiger partial charge in [0.15, 0.2) is 0 Å². The van der Waals surface area contributed by atoms with Gasteiger partial charge in [-0.05, 0) is 50.6 Å². The van der Waals surface area contributed by atoms with E-state index in [1.54, 1.807) is 45.0 Å². The van der Waals surface area contributed by atoms with Gasteiger partial charge in [0.25, 0.3) is 0 Å². The minimum absolute atomic E-state index is 0.335. The average Bonchev–Trinajstić information content (AvgIpc) is 2.61. The maximum Gasteiger partial charge on any atom is 0.408 e. The van der Waals surface area contributed by atoms with Crippen LogP contribution in [0, 0.1) is 12.3 Å². The molecule has 0 aliphatic carbocycles. The Morgan fingerprint density at radius 2 is 1.70 bits per heavy atom. The number of carbonyl (C=O) groups excluding carboxylic acids is 2. The van der Waals surface area contributed by atoms with Crippen molar-refractivity contribution in [2.75, 3.05) is 5.32 Å². The lowest BCUT2D eigenvalue weighted by molar-refractivity contribution is -0.118. The van der Waals surface area contributed by atoms with Crippen LogP contribution >= 0.6 is 0 Å². The van der Waals surface area contributed by atoms with E-state index < -0.39 is 17.7 Å². The van der Waals surface area contributed by atoms with E-state index in [9.17, 15) is 9.59 Å². The summed E-state index contributed by atoms with van der Waals surface area (Å²) in [5, 5.41) is 5.46. The standard InChI is InChI=1S/C22H24N2O3/c1-5-16-11-13-18(14-12-16)23-20(25)19(15-17-9-7-6-8-10-17)24-21(26)27-22(2,3)4/h1,6-14,19H,15H2,2-4H3,(H,23,25)(H,24,26)/t19-/m0/s1. The third kappa shape index (κ3) is 6.87. The molecule has 0 bridgehead atoms. The van der Waals surface area contributed by atoms with E-state index in [4.69, 9.17) is 11.2 Å². The number of nitrogens with one attached hydrogen (secondary N) is 2. The highest BCUT2D eigenvalue weighted by atomic mass is 16.6. The Balaban J connectivity index is 2.12. The summed E-state index contributed by atoms with van der Waals surface area (Å²) in [4.78, 5) is 24.9. The Labute approximate surface area is 160 Å². The van der Waals surface area contributed by atoms with Gasteiger partial charge >= 0.3 is 6.09 Å². The highest BCUT2D eigenvalue weighted by Crippen LogP contribution is 2.12. The number of carbonyl (C=O) groups is 2. The second kappa shape index (κ2) is 8.91. The third-order valence-corrected chi connectivity index (χ3v) is 3.61. The van der Waals surface area contributed by atoms with Gasteiger partial charge in [-0.3, -0.25) is 4.79 Å². The van der Waals surface area contributed by atoms with Crippen LogP contribution in [0.2, 0.25) is 0 Å². The molecular weight excluding hydrogens is 340 g/mol. The van der Waals surface area contributed by atoms with Gasteiger partial charge in [0.2, 0.25) is 5.91 Å². The lowest BCUT2D eigenvalue weighted by Crippen LogP contribution is -2.47. The number of hydrogen-bond donors (Lipinski definition) is 2. The van der Waals surface area contributed by atoms with Crippen molar-refractivity contribution in [1.82, 2.24) is 5.32 Å². The van der Waals surface area contributed by atoms with Gasteiger partial charge in [-0.15, -0.1) is 6.42 Å². The first kappa shape index (κ1) is 20.1. The van der Waals surface area contributed by atoms with Crippen LogP contribution in [0.4, 0.5) is 10.5 Å². The van der Waals surface area contributed by atoms with E-state index in [0.29, 0.717) is 12.1 Å². The molecule has 0 spiro atoms. The Kier molecular flexibility index (Phi) is 6.62. The Morgan fingerprint density at radius 3 is 2.26 bits per heavy atom. The highest BCUT2D eigenvalue weighted by Gasteiger charge is 2.24. The van der Waals surface area contributed by atoms with Crippen LogP contribution in [0.15, 0.2) is 54.6 Å². The SMILES string of the molecule is C#Cc1ccc(NC(=O)[C@H](Cc2ccccc2)NC(=O)OC(C)(C)C)cc1. The number of ether oxygens (including phenoxy) is 1. The summed E-state index contributed by atoms with van der Waals surface area (Å²) in [5.74, 6) is 2.19. The second-order valence-electron chi connectivity index (χ2n) is 7.10. The molecule has 0 aliphatic heterocycles. The van der Waals surface area contributed by atoms with Gasteiger partial charge in [-0.2, -0.15) is 0 Å². The van der Waals surface area contributed by atoms with Crippen molar-refractivity contribution in [2.45, 2.75) is 38.8 Å². The Bertz CT molecular complexity index is 815. The molecule has 0 aromatic heterocycles. The summed E-state index contributed by atoms with van der Waals surface area (Å²) >= 11 is 0. The normalized spacial score (nSPS) is 11.8. The van der Waals surface area contributed by atoms with Crippen molar-refractivity contribution in [3.8, 4) is 12.3 Å². The molecule has 0 aliphatic rings.